The number of amides is 2. The lowest BCUT2D eigenvalue weighted by molar-refractivity contribution is -0.142. The lowest BCUT2D eigenvalue weighted by atomic mass is 10.0. The number of methoxy groups -OCH3 is 1. The fourth-order valence-electron chi connectivity index (χ4n) is 4.62. The Morgan fingerprint density at radius 1 is 1.25 bits per heavy atom. The van der Waals surface area contributed by atoms with E-state index < -0.39 is 31.0 Å². The van der Waals surface area contributed by atoms with Crippen molar-refractivity contribution in [1.82, 2.24) is 9.80 Å². The van der Waals surface area contributed by atoms with Gasteiger partial charge in [-0.25, -0.2) is 0 Å². The van der Waals surface area contributed by atoms with Crippen molar-refractivity contribution in [2.45, 2.75) is 58.0 Å². The Bertz CT molecular complexity index is 1140. The summed E-state index contributed by atoms with van der Waals surface area (Å²) < 4.78 is 49.3. The molecule has 1 heterocycles. The van der Waals surface area contributed by atoms with E-state index in [-0.39, 0.29) is 36.6 Å². The Labute approximate surface area is 233 Å². The van der Waals surface area contributed by atoms with Crippen molar-refractivity contribution in [1.29, 1.82) is 0 Å². The number of hydrogen-bond acceptors (Lipinski definition) is 6. The van der Waals surface area contributed by atoms with Gasteiger partial charge in [-0.15, -0.1) is 0 Å². The quantitative estimate of drug-likeness (QED) is 0.448. The van der Waals surface area contributed by atoms with Crippen LogP contribution in [0.5, 0.6) is 11.5 Å². The van der Waals surface area contributed by atoms with E-state index in [9.17, 15) is 27.9 Å². The Morgan fingerprint density at radius 3 is 2.58 bits per heavy atom. The Balaban J connectivity index is 1.83. The van der Waals surface area contributed by atoms with Crippen molar-refractivity contribution in [3.8, 4) is 11.5 Å². The Morgan fingerprint density at radius 2 is 1.95 bits per heavy atom. The lowest BCUT2D eigenvalue weighted by Crippen LogP contribution is -2.47. The zero-order valence-electron chi connectivity index (χ0n) is 23.3. The monoisotopic (exact) mass is 565 g/mol. The van der Waals surface area contributed by atoms with Crippen LogP contribution in [0.2, 0.25) is 0 Å². The number of halogens is 3. The number of benzene rings is 2. The van der Waals surface area contributed by atoms with Crippen molar-refractivity contribution >= 4 is 17.5 Å². The van der Waals surface area contributed by atoms with Crippen LogP contribution in [0, 0.1) is 5.92 Å². The summed E-state index contributed by atoms with van der Waals surface area (Å²) in [5, 5.41) is 12.3. The van der Waals surface area contributed by atoms with Crippen molar-refractivity contribution in [2.24, 2.45) is 5.92 Å². The number of hydrogen-bond donors (Lipinski definition) is 2. The molecule has 220 valence electrons. The lowest BCUT2D eigenvalue weighted by Gasteiger charge is -2.34. The summed E-state index contributed by atoms with van der Waals surface area (Å²) in [6, 6.07) is 12.1. The summed E-state index contributed by atoms with van der Waals surface area (Å²) in [6.45, 7) is 5.13. The molecule has 40 heavy (non-hydrogen) atoms. The second-order valence-electron chi connectivity index (χ2n) is 10.4. The number of fused-ring (bicyclic) bond motifs is 1. The van der Waals surface area contributed by atoms with E-state index in [2.05, 4.69) is 10.2 Å². The number of nitrogens with zero attached hydrogens (tertiary/aromatic N) is 2. The molecule has 0 fully saturated rings. The van der Waals surface area contributed by atoms with Crippen LogP contribution in [0.25, 0.3) is 0 Å². The molecule has 0 aliphatic carbocycles. The van der Waals surface area contributed by atoms with E-state index in [0.29, 0.717) is 30.9 Å². The summed E-state index contributed by atoms with van der Waals surface area (Å²) in [6.07, 6.45) is -6.72. The number of aliphatic hydroxyl groups excluding tert-OH is 1. The Hall–Kier alpha value is -3.31. The number of alkyl halides is 3. The molecule has 2 amide bonds. The minimum Gasteiger partial charge on any atom is -0.497 e. The molecule has 3 rings (SSSR count). The number of carbonyl (C=O) groups excluding carboxylic acids is 2. The van der Waals surface area contributed by atoms with E-state index in [1.54, 1.807) is 37.1 Å². The first-order chi connectivity index (χ1) is 18.9. The largest absolute Gasteiger partial charge is 0.497 e. The van der Waals surface area contributed by atoms with Gasteiger partial charge in [0.2, 0.25) is 11.8 Å². The predicted octanol–water partition coefficient (Wildman–Crippen LogP) is 4.26. The van der Waals surface area contributed by atoms with Crippen LogP contribution < -0.4 is 14.8 Å². The van der Waals surface area contributed by atoms with Gasteiger partial charge < -0.3 is 24.8 Å². The number of aliphatic hydroxyl groups is 1. The van der Waals surface area contributed by atoms with Gasteiger partial charge >= 0.3 is 6.18 Å². The molecule has 8 nitrogen and oxygen atoms in total. The molecule has 0 saturated carbocycles. The molecule has 3 atom stereocenters. The smallest absolute Gasteiger partial charge is 0.389 e. The molecule has 0 unspecified atom stereocenters. The highest BCUT2D eigenvalue weighted by Gasteiger charge is 2.31. The number of anilines is 1. The molecule has 2 aromatic rings. The zero-order valence-corrected chi connectivity index (χ0v) is 23.3. The van der Waals surface area contributed by atoms with Crippen LogP contribution in [0.4, 0.5) is 18.9 Å². The van der Waals surface area contributed by atoms with Gasteiger partial charge in [0, 0.05) is 43.2 Å². The van der Waals surface area contributed by atoms with Gasteiger partial charge in [0.05, 0.1) is 32.6 Å². The summed E-state index contributed by atoms with van der Waals surface area (Å²) in [5.41, 5.74) is 1.88. The van der Waals surface area contributed by atoms with Crippen molar-refractivity contribution in [2.75, 3.05) is 39.2 Å². The van der Waals surface area contributed by atoms with Crippen LogP contribution >= 0.6 is 0 Å². The van der Waals surface area contributed by atoms with E-state index in [4.69, 9.17) is 9.47 Å². The maximum atomic E-state index is 13.3. The molecule has 1 aliphatic rings. The van der Waals surface area contributed by atoms with Crippen molar-refractivity contribution in [3.63, 3.8) is 0 Å². The standard InChI is InChI=1S/C29H38F3N3O5/c1-19-15-35(20(2)18-36)28(38)14-22-13-23(33-27(37)11-12-29(30,31)32)7-10-25(22)40-26(19)17-34(3)16-21-5-8-24(39-4)9-6-21/h5-10,13,19-20,26,36H,11-12,14-18H2,1-4H3,(H,33,37)/t19-,20+,26-/m0/s1. The molecular formula is C29H38F3N3O5. The second kappa shape index (κ2) is 13.8. The van der Waals surface area contributed by atoms with Crippen molar-refractivity contribution < 1.29 is 37.3 Å². The average molecular weight is 566 g/mol. The maximum absolute atomic E-state index is 13.3. The highest BCUT2D eigenvalue weighted by Crippen LogP contribution is 2.30. The number of likely N-dealkylation sites (N-methyl/N-ethyl adjacent to an activating group) is 1. The fourth-order valence-corrected chi connectivity index (χ4v) is 4.62. The van der Waals surface area contributed by atoms with Crippen LogP contribution in [0.15, 0.2) is 42.5 Å². The third kappa shape index (κ3) is 9.12. The van der Waals surface area contributed by atoms with Gasteiger partial charge in [-0.05, 0) is 49.9 Å². The van der Waals surface area contributed by atoms with Crippen LogP contribution in [-0.2, 0) is 22.6 Å². The second-order valence-corrected chi connectivity index (χ2v) is 10.4. The molecule has 0 bridgehead atoms. The minimum absolute atomic E-state index is 0.0485. The minimum atomic E-state index is -4.43. The number of nitrogens with one attached hydrogen (secondary N) is 1. The summed E-state index contributed by atoms with van der Waals surface area (Å²) >= 11 is 0. The maximum Gasteiger partial charge on any atom is 0.389 e. The summed E-state index contributed by atoms with van der Waals surface area (Å²) in [5.74, 6) is 0.162. The first-order valence-corrected chi connectivity index (χ1v) is 13.3. The third-order valence-corrected chi connectivity index (χ3v) is 6.94. The van der Waals surface area contributed by atoms with E-state index >= 15 is 0 Å². The normalized spacial score (nSPS) is 18.7. The van der Waals surface area contributed by atoms with Gasteiger partial charge in [-0.1, -0.05) is 19.1 Å². The molecule has 0 radical (unpaired) electrons. The molecule has 0 aromatic heterocycles. The van der Waals surface area contributed by atoms with E-state index in [1.807, 2.05) is 38.2 Å². The summed E-state index contributed by atoms with van der Waals surface area (Å²) in [4.78, 5) is 29.2. The molecular weight excluding hydrogens is 527 g/mol. The fraction of sp³-hybridized carbons (Fsp3) is 0.517. The number of ether oxygens (including phenoxy) is 2. The molecule has 0 spiro atoms. The highest BCUT2D eigenvalue weighted by molar-refractivity contribution is 5.91. The van der Waals surface area contributed by atoms with Gasteiger partial charge in [-0.3, -0.25) is 14.5 Å². The van der Waals surface area contributed by atoms with Crippen LogP contribution in [0.3, 0.4) is 0 Å². The SMILES string of the molecule is COc1ccc(CN(C)C[C@@H]2Oc3ccc(NC(=O)CCC(F)(F)F)cc3CC(=O)N([C@H](C)CO)C[C@@H]2C)cc1. The van der Waals surface area contributed by atoms with E-state index in [0.717, 1.165) is 11.3 Å². The van der Waals surface area contributed by atoms with Gasteiger partial charge in [0.1, 0.15) is 17.6 Å². The average Bonchev–Trinajstić information content (AvgIpc) is 2.94. The van der Waals surface area contributed by atoms with Crippen molar-refractivity contribution in [3.05, 3.63) is 53.6 Å². The zero-order chi connectivity index (χ0) is 29.4. The van der Waals surface area contributed by atoms with Crippen LogP contribution in [0.1, 0.15) is 37.8 Å². The molecule has 2 N–H and O–H groups in total. The number of carbonyl (C=O) groups is 2. The topological polar surface area (TPSA) is 91.3 Å². The summed E-state index contributed by atoms with van der Waals surface area (Å²) in [7, 11) is 3.60. The molecule has 11 heteroatoms. The number of rotatable bonds is 10. The van der Waals surface area contributed by atoms with Gasteiger partial charge in [0.15, 0.2) is 0 Å². The first-order valence-electron chi connectivity index (χ1n) is 13.3. The molecule has 2 aromatic carbocycles. The van der Waals surface area contributed by atoms with E-state index in [1.165, 1.54) is 0 Å². The Kier molecular flexibility index (Phi) is 10.8. The van der Waals surface area contributed by atoms with Gasteiger partial charge in [-0.2, -0.15) is 13.2 Å². The molecule has 0 saturated heterocycles. The first kappa shape index (κ1) is 31.2. The highest BCUT2D eigenvalue weighted by atomic mass is 19.4. The predicted molar refractivity (Wildman–Crippen MR) is 145 cm³/mol. The van der Waals surface area contributed by atoms with Crippen LogP contribution in [-0.4, -0.2) is 78.9 Å². The molecule has 1 aliphatic heterocycles. The third-order valence-electron chi connectivity index (χ3n) is 6.94. The van der Waals surface area contributed by atoms with Gasteiger partial charge in [0.25, 0.3) is 0 Å².